The predicted molar refractivity (Wildman–Crippen MR) is 121 cm³/mol. The molecule has 2 heterocycles. The molecule has 0 radical (unpaired) electrons. The Morgan fingerprint density at radius 1 is 1.13 bits per heavy atom. The van der Waals surface area contributed by atoms with E-state index in [-0.39, 0.29) is 5.41 Å². The normalized spacial score (nSPS) is 26.4. The van der Waals surface area contributed by atoms with Crippen molar-refractivity contribution >= 4 is 0 Å². The van der Waals surface area contributed by atoms with E-state index in [2.05, 4.69) is 41.0 Å². The predicted octanol–water partition coefficient (Wildman–Crippen LogP) is 3.33. The number of fused-ring (bicyclic) bond motifs is 1. The lowest BCUT2D eigenvalue weighted by Crippen LogP contribution is -2.37. The smallest absolute Gasteiger partial charge is 0.127 e. The van der Waals surface area contributed by atoms with Gasteiger partial charge in [-0.2, -0.15) is 0 Å². The quantitative estimate of drug-likeness (QED) is 0.562. The molecule has 0 bridgehead atoms. The van der Waals surface area contributed by atoms with Gasteiger partial charge in [0.25, 0.3) is 0 Å². The standard InChI is InChI=1S/C25H36N2O4/c1-25-19-27(17-20-8-9-22(28-2)16-23(20)29-3)18-21(25)6-4-7-24(25)31-13-5-10-26-11-14-30-15-12-26/h4,6-9,16,21H,5,10-15,17-19H2,1-3H3. The molecule has 2 atom stereocenters. The minimum absolute atomic E-state index is 0.0212. The van der Waals surface area contributed by atoms with Crippen LogP contribution in [0.25, 0.3) is 0 Å². The highest BCUT2D eigenvalue weighted by Gasteiger charge is 2.46. The molecule has 0 N–H and O–H groups in total. The van der Waals surface area contributed by atoms with Crippen LogP contribution in [0.5, 0.6) is 11.5 Å². The summed E-state index contributed by atoms with van der Waals surface area (Å²) in [5.41, 5.74) is 1.21. The number of methoxy groups -OCH3 is 2. The fourth-order valence-electron chi connectivity index (χ4n) is 4.98. The van der Waals surface area contributed by atoms with E-state index in [1.54, 1.807) is 14.2 Å². The van der Waals surface area contributed by atoms with Crippen molar-refractivity contribution in [1.29, 1.82) is 0 Å². The van der Waals surface area contributed by atoms with Crippen molar-refractivity contribution in [3.63, 3.8) is 0 Å². The van der Waals surface area contributed by atoms with E-state index in [4.69, 9.17) is 18.9 Å². The van der Waals surface area contributed by atoms with Crippen LogP contribution in [0.4, 0.5) is 0 Å². The molecule has 31 heavy (non-hydrogen) atoms. The molecule has 2 aliphatic heterocycles. The van der Waals surface area contributed by atoms with Crippen LogP contribution in [0.3, 0.4) is 0 Å². The number of ether oxygens (including phenoxy) is 4. The molecule has 0 amide bonds. The maximum atomic E-state index is 6.35. The van der Waals surface area contributed by atoms with E-state index in [0.29, 0.717) is 5.92 Å². The molecule has 6 heteroatoms. The summed E-state index contributed by atoms with van der Waals surface area (Å²) < 4.78 is 22.7. The fourth-order valence-corrected chi connectivity index (χ4v) is 4.98. The molecule has 2 unspecified atom stereocenters. The van der Waals surface area contributed by atoms with Crippen molar-refractivity contribution in [3.05, 3.63) is 47.7 Å². The Morgan fingerprint density at radius 2 is 1.97 bits per heavy atom. The van der Waals surface area contributed by atoms with Crippen LogP contribution in [0.2, 0.25) is 0 Å². The highest BCUT2D eigenvalue weighted by atomic mass is 16.5. The summed E-state index contributed by atoms with van der Waals surface area (Å²) in [6.07, 6.45) is 7.73. The zero-order valence-electron chi connectivity index (χ0n) is 19.1. The van der Waals surface area contributed by atoms with Gasteiger partial charge in [0.1, 0.15) is 17.3 Å². The molecular weight excluding hydrogens is 392 g/mol. The van der Waals surface area contributed by atoms with Crippen LogP contribution in [-0.4, -0.2) is 76.6 Å². The minimum Gasteiger partial charge on any atom is -0.497 e. The first kappa shape index (κ1) is 22.2. The molecular formula is C25H36N2O4. The number of likely N-dealkylation sites (tertiary alicyclic amines) is 1. The summed E-state index contributed by atoms with van der Waals surface area (Å²) >= 11 is 0. The SMILES string of the molecule is COc1ccc(CN2CC3C=CC=C(OCCCN4CCOCC4)C3(C)C2)c(OC)c1. The molecule has 0 aromatic heterocycles. The first-order valence-electron chi connectivity index (χ1n) is 11.4. The van der Waals surface area contributed by atoms with Gasteiger partial charge in [0.05, 0.1) is 34.0 Å². The van der Waals surface area contributed by atoms with Crippen LogP contribution in [0, 0.1) is 11.3 Å². The number of nitrogens with zero attached hydrogens (tertiary/aromatic N) is 2. The van der Waals surface area contributed by atoms with Gasteiger partial charge in [-0.05, 0) is 18.6 Å². The summed E-state index contributed by atoms with van der Waals surface area (Å²) in [6.45, 7) is 10.8. The van der Waals surface area contributed by atoms with Crippen molar-refractivity contribution in [2.45, 2.75) is 19.9 Å². The average molecular weight is 429 g/mol. The zero-order valence-corrected chi connectivity index (χ0v) is 19.1. The second kappa shape index (κ2) is 10.1. The Kier molecular flexibility index (Phi) is 7.20. The Morgan fingerprint density at radius 3 is 2.74 bits per heavy atom. The first-order chi connectivity index (χ1) is 15.1. The lowest BCUT2D eigenvalue weighted by Gasteiger charge is -2.34. The number of allylic oxidation sites excluding steroid dienone is 2. The molecule has 4 rings (SSSR count). The third-order valence-electron chi connectivity index (χ3n) is 6.85. The maximum absolute atomic E-state index is 6.35. The largest absolute Gasteiger partial charge is 0.497 e. The molecule has 1 aliphatic carbocycles. The third-order valence-corrected chi connectivity index (χ3v) is 6.85. The summed E-state index contributed by atoms with van der Waals surface area (Å²) in [4.78, 5) is 4.97. The fraction of sp³-hybridized carbons (Fsp3) is 0.600. The first-order valence-corrected chi connectivity index (χ1v) is 11.4. The molecule has 6 nitrogen and oxygen atoms in total. The highest BCUT2D eigenvalue weighted by molar-refractivity contribution is 5.41. The second-order valence-corrected chi connectivity index (χ2v) is 8.94. The molecule has 0 spiro atoms. The van der Waals surface area contributed by atoms with Gasteiger partial charge < -0.3 is 18.9 Å². The van der Waals surface area contributed by atoms with Gasteiger partial charge in [0.15, 0.2) is 0 Å². The molecule has 2 fully saturated rings. The maximum Gasteiger partial charge on any atom is 0.127 e. The van der Waals surface area contributed by atoms with Crippen molar-refractivity contribution < 1.29 is 18.9 Å². The summed E-state index contributed by atoms with van der Waals surface area (Å²) in [5.74, 6) is 3.30. The van der Waals surface area contributed by atoms with E-state index in [1.165, 1.54) is 5.56 Å². The number of hydrogen-bond donors (Lipinski definition) is 0. The Bertz CT molecular complexity index is 803. The van der Waals surface area contributed by atoms with Crippen LogP contribution in [-0.2, 0) is 16.0 Å². The van der Waals surface area contributed by atoms with E-state index in [9.17, 15) is 0 Å². The van der Waals surface area contributed by atoms with Crippen molar-refractivity contribution in [2.24, 2.45) is 11.3 Å². The van der Waals surface area contributed by atoms with Crippen molar-refractivity contribution in [3.8, 4) is 11.5 Å². The molecule has 1 aromatic carbocycles. The highest BCUT2D eigenvalue weighted by Crippen LogP contribution is 2.46. The van der Waals surface area contributed by atoms with Gasteiger partial charge >= 0.3 is 0 Å². The average Bonchev–Trinajstić information content (AvgIpc) is 3.14. The Hall–Kier alpha value is -2.02. The molecule has 1 aromatic rings. The molecule has 2 saturated heterocycles. The van der Waals surface area contributed by atoms with E-state index >= 15 is 0 Å². The van der Waals surface area contributed by atoms with Crippen molar-refractivity contribution in [2.75, 3.05) is 66.8 Å². The summed E-state index contributed by atoms with van der Waals surface area (Å²) in [6, 6.07) is 6.07. The van der Waals surface area contributed by atoms with Gasteiger partial charge in [0.2, 0.25) is 0 Å². The molecule has 170 valence electrons. The molecule has 0 saturated carbocycles. The van der Waals surface area contributed by atoms with Gasteiger partial charge in [-0.1, -0.05) is 25.1 Å². The topological polar surface area (TPSA) is 43.4 Å². The van der Waals surface area contributed by atoms with E-state index < -0.39 is 0 Å². The van der Waals surface area contributed by atoms with Gasteiger partial charge in [-0.3, -0.25) is 9.80 Å². The second-order valence-electron chi connectivity index (χ2n) is 8.94. The zero-order chi connectivity index (χ0) is 21.7. The monoisotopic (exact) mass is 428 g/mol. The van der Waals surface area contributed by atoms with Crippen LogP contribution >= 0.6 is 0 Å². The summed E-state index contributed by atoms with van der Waals surface area (Å²) in [5, 5.41) is 0. The van der Waals surface area contributed by atoms with E-state index in [1.807, 2.05) is 12.1 Å². The number of morpholine rings is 1. The van der Waals surface area contributed by atoms with Crippen LogP contribution < -0.4 is 9.47 Å². The third kappa shape index (κ3) is 5.08. The van der Waals surface area contributed by atoms with Crippen LogP contribution in [0.15, 0.2) is 42.2 Å². The summed E-state index contributed by atoms with van der Waals surface area (Å²) in [7, 11) is 3.40. The molecule has 3 aliphatic rings. The number of hydrogen-bond acceptors (Lipinski definition) is 6. The lowest BCUT2D eigenvalue weighted by molar-refractivity contribution is 0.0325. The minimum atomic E-state index is 0.0212. The lowest BCUT2D eigenvalue weighted by atomic mass is 9.75. The van der Waals surface area contributed by atoms with Gasteiger partial charge in [-0.25, -0.2) is 0 Å². The van der Waals surface area contributed by atoms with E-state index in [0.717, 1.165) is 82.8 Å². The van der Waals surface area contributed by atoms with Crippen molar-refractivity contribution in [1.82, 2.24) is 9.80 Å². The van der Waals surface area contributed by atoms with Gasteiger partial charge in [-0.15, -0.1) is 0 Å². The van der Waals surface area contributed by atoms with Gasteiger partial charge in [0, 0.05) is 62.2 Å². The number of benzene rings is 1. The Labute approximate surface area is 186 Å². The van der Waals surface area contributed by atoms with Crippen LogP contribution in [0.1, 0.15) is 18.9 Å². The Balaban J connectivity index is 1.33. The number of rotatable bonds is 9.